The molecule has 21 heavy (non-hydrogen) atoms. The average Bonchev–Trinajstić information content (AvgIpc) is 3.00. The summed E-state index contributed by atoms with van der Waals surface area (Å²) in [6.45, 7) is 8.17. The lowest BCUT2D eigenvalue weighted by molar-refractivity contribution is -0.00548. The Morgan fingerprint density at radius 2 is 2.14 bits per heavy atom. The van der Waals surface area contributed by atoms with Crippen LogP contribution in [0.2, 0.25) is 0 Å². The van der Waals surface area contributed by atoms with Crippen LogP contribution >= 0.6 is 11.3 Å². The fourth-order valence-electron chi connectivity index (χ4n) is 3.01. The molecular formula is C15H24N4OS. The highest BCUT2D eigenvalue weighted by atomic mass is 32.1. The molecule has 0 amide bonds. The Morgan fingerprint density at radius 3 is 2.81 bits per heavy atom. The quantitative estimate of drug-likeness (QED) is 0.941. The smallest absolute Gasteiger partial charge is 0.195 e. The summed E-state index contributed by atoms with van der Waals surface area (Å²) in [5, 5.41) is 2.08. The van der Waals surface area contributed by atoms with Crippen molar-refractivity contribution < 1.29 is 4.74 Å². The Bertz CT molecular complexity index is 598. The molecule has 1 fully saturated rings. The summed E-state index contributed by atoms with van der Waals surface area (Å²) in [7, 11) is 0. The second-order valence-corrected chi connectivity index (χ2v) is 6.85. The largest absolute Gasteiger partial charge is 0.372 e. The van der Waals surface area contributed by atoms with Gasteiger partial charge >= 0.3 is 0 Å². The van der Waals surface area contributed by atoms with Gasteiger partial charge < -0.3 is 15.4 Å². The predicted molar refractivity (Wildman–Crippen MR) is 87.3 cm³/mol. The van der Waals surface area contributed by atoms with E-state index in [0.29, 0.717) is 0 Å². The maximum Gasteiger partial charge on any atom is 0.195 e. The number of nitrogens with zero attached hydrogens (tertiary/aromatic N) is 3. The molecule has 2 aromatic heterocycles. The number of anilines is 1. The van der Waals surface area contributed by atoms with Gasteiger partial charge in [-0.2, -0.15) is 0 Å². The molecule has 1 aliphatic rings. The van der Waals surface area contributed by atoms with E-state index < -0.39 is 0 Å². The second-order valence-electron chi connectivity index (χ2n) is 5.97. The highest BCUT2D eigenvalue weighted by molar-refractivity contribution is 7.15. The molecule has 6 heteroatoms. The molecule has 1 unspecified atom stereocenters. The molecule has 0 radical (unpaired) electrons. The number of hydrogen-bond donors (Lipinski definition) is 1. The maximum absolute atomic E-state index is 6.20. The third-order valence-electron chi connectivity index (χ3n) is 4.04. The van der Waals surface area contributed by atoms with E-state index in [4.69, 9.17) is 15.5 Å². The normalized spacial score (nSPS) is 24.7. The topological polar surface area (TPSA) is 55.8 Å². The summed E-state index contributed by atoms with van der Waals surface area (Å²) in [6.07, 6.45) is 4.42. The number of nitrogens with two attached hydrogens (primary N) is 1. The van der Waals surface area contributed by atoms with E-state index in [1.54, 1.807) is 11.3 Å². The zero-order valence-corrected chi connectivity index (χ0v) is 13.8. The van der Waals surface area contributed by atoms with E-state index in [-0.39, 0.29) is 18.2 Å². The van der Waals surface area contributed by atoms with Crippen molar-refractivity contribution in [3.8, 4) is 0 Å². The molecule has 2 aromatic rings. The van der Waals surface area contributed by atoms with Gasteiger partial charge in [-0.3, -0.25) is 4.40 Å². The predicted octanol–water partition coefficient (Wildman–Crippen LogP) is 2.29. The van der Waals surface area contributed by atoms with Crippen molar-refractivity contribution in [2.75, 3.05) is 18.0 Å². The van der Waals surface area contributed by atoms with Crippen LogP contribution in [0.15, 0.2) is 11.6 Å². The number of aromatic nitrogens is 2. The van der Waals surface area contributed by atoms with Crippen LogP contribution in [-0.4, -0.2) is 40.7 Å². The molecule has 3 atom stereocenters. The lowest BCUT2D eigenvalue weighted by Crippen LogP contribution is -2.46. The van der Waals surface area contributed by atoms with Gasteiger partial charge in [0.05, 0.1) is 17.9 Å². The molecule has 0 aromatic carbocycles. The highest BCUT2D eigenvalue weighted by Gasteiger charge is 2.27. The Hall–Kier alpha value is -1.11. The molecular weight excluding hydrogens is 284 g/mol. The molecule has 2 N–H and O–H groups in total. The third kappa shape index (κ3) is 2.93. The fourth-order valence-corrected chi connectivity index (χ4v) is 3.74. The number of ether oxygens (including phenoxy) is 1. The molecule has 116 valence electrons. The van der Waals surface area contributed by atoms with E-state index in [1.165, 1.54) is 5.69 Å². The Labute approximate surface area is 129 Å². The zero-order chi connectivity index (χ0) is 15.0. The lowest BCUT2D eigenvalue weighted by Gasteiger charge is -2.36. The van der Waals surface area contributed by atoms with Crippen LogP contribution in [-0.2, 0) is 11.2 Å². The fraction of sp³-hybridized carbons (Fsp3) is 0.667. The van der Waals surface area contributed by atoms with Crippen molar-refractivity contribution in [2.24, 2.45) is 5.73 Å². The minimum Gasteiger partial charge on any atom is -0.372 e. The second kappa shape index (κ2) is 5.94. The number of thiazole rings is 1. The molecule has 5 nitrogen and oxygen atoms in total. The van der Waals surface area contributed by atoms with E-state index in [9.17, 15) is 0 Å². The van der Waals surface area contributed by atoms with Gasteiger partial charge in [0, 0.05) is 37.1 Å². The van der Waals surface area contributed by atoms with Crippen molar-refractivity contribution in [2.45, 2.75) is 51.9 Å². The number of morpholine rings is 1. The first kappa shape index (κ1) is 14.8. The molecule has 3 rings (SSSR count). The van der Waals surface area contributed by atoms with Gasteiger partial charge in [-0.15, -0.1) is 11.3 Å². The van der Waals surface area contributed by atoms with Gasteiger partial charge in [0.1, 0.15) is 0 Å². The van der Waals surface area contributed by atoms with Crippen LogP contribution in [0, 0.1) is 0 Å². The lowest BCUT2D eigenvalue weighted by atomic mass is 10.1. The molecule has 0 saturated carbocycles. The van der Waals surface area contributed by atoms with Crippen LogP contribution in [0.3, 0.4) is 0 Å². The first-order chi connectivity index (χ1) is 10.1. The molecule has 0 aliphatic carbocycles. The van der Waals surface area contributed by atoms with E-state index in [1.807, 2.05) is 0 Å². The van der Waals surface area contributed by atoms with Crippen LogP contribution in [0.5, 0.6) is 0 Å². The van der Waals surface area contributed by atoms with Gasteiger partial charge in [0.15, 0.2) is 10.8 Å². The Balaban J connectivity index is 1.96. The standard InChI is InChI=1S/C15H24N4OS/c1-4-12(16)7-13-14(17-15-19(13)5-6-21-15)18-8-10(2)20-11(3)9-18/h5-6,10-12H,4,7-9,16H2,1-3H3/t10-,11+,12?. The summed E-state index contributed by atoms with van der Waals surface area (Å²) in [5.41, 5.74) is 7.43. The summed E-state index contributed by atoms with van der Waals surface area (Å²) in [5.74, 6) is 1.09. The van der Waals surface area contributed by atoms with Crippen molar-refractivity contribution in [3.63, 3.8) is 0 Å². The number of rotatable bonds is 4. The van der Waals surface area contributed by atoms with Gasteiger partial charge in [0.2, 0.25) is 0 Å². The zero-order valence-electron chi connectivity index (χ0n) is 13.0. The summed E-state index contributed by atoms with van der Waals surface area (Å²) in [6, 6.07) is 0.180. The minimum absolute atomic E-state index is 0.180. The average molecular weight is 308 g/mol. The number of imidazole rings is 1. The van der Waals surface area contributed by atoms with Gasteiger partial charge in [-0.05, 0) is 20.3 Å². The Morgan fingerprint density at radius 1 is 1.43 bits per heavy atom. The SMILES string of the molecule is CCC(N)Cc1c(N2C[C@@H](C)O[C@@H](C)C2)nc2sccn12. The molecule has 1 aliphatic heterocycles. The van der Waals surface area contributed by atoms with Crippen molar-refractivity contribution in [3.05, 3.63) is 17.3 Å². The molecule has 0 bridgehead atoms. The van der Waals surface area contributed by atoms with Crippen LogP contribution in [0.4, 0.5) is 5.82 Å². The number of fused-ring (bicyclic) bond motifs is 1. The summed E-state index contributed by atoms with van der Waals surface area (Å²) >= 11 is 1.68. The summed E-state index contributed by atoms with van der Waals surface area (Å²) < 4.78 is 8.03. The van der Waals surface area contributed by atoms with E-state index >= 15 is 0 Å². The minimum atomic E-state index is 0.180. The van der Waals surface area contributed by atoms with Gasteiger partial charge in [-0.1, -0.05) is 6.92 Å². The molecule has 0 spiro atoms. The Kier molecular flexibility index (Phi) is 4.19. The molecule has 3 heterocycles. The van der Waals surface area contributed by atoms with Crippen molar-refractivity contribution >= 4 is 22.1 Å². The van der Waals surface area contributed by atoms with Gasteiger partial charge in [0.25, 0.3) is 0 Å². The number of hydrogen-bond acceptors (Lipinski definition) is 5. The third-order valence-corrected chi connectivity index (χ3v) is 4.80. The van der Waals surface area contributed by atoms with Crippen LogP contribution < -0.4 is 10.6 Å². The monoisotopic (exact) mass is 308 g/mol. The van der Waals surface area contributed by atoms with E-state index in [0.717, 1.165) is 36.7 Å². The van der Waals surface area contributed by atoms with Crippen molar-refractivity contribution in [1.29, 1.82) is 0 Å². The van der Waals surface area contributed by atoms with Crippen LogP contribution in [0.1, 0.15) is 32.9 Å². The maximum atomic E-state index is 6.20. The van der Waals surface area contributed by atoms with Gasteiger partial charge in [-0.25, -0.2) is 4.98 Å². The first-order valence-corrected chi connectivity index (χ1v) is 8.56. The van der Waals surface area contributed by atoms with E-state index in [2.05, 4.69) is 41.6 Å². The van der Waals surface area contributed by atoms with Crippen molar-refractivity contribution in [1.82, 2.24) is 9.38 Å². The summed E-state index contributed by atoms with van der Waals surface area (Å²) in [4.78, 5) is 8.26. The highest BCUT2D eigenvalue weighted by Crippen LogP contribution is 2.28. The molecule has 1 saturated heterocycles. The first-order valence-electron chi connectivity index (χ1n) is 7.68. The van der Waals surface area contributed by atoms with Crippen LogP contribution in [0.25, 0.3) is 4.96 Å².